The van der Waals surface area contributed by atoms with Crippen LogP contribution in [0, 0.1) is 0 Å². The molecule has 0 aromatic rings. The Hall–Kier alpha value is 0.830. The van der Waals surface area contributed by atoms with Gasteiger partial charge in [0.05, 0.1) is 0 Å². The van der Waals surface area contributed by atoms with Crippen molar-refractivity contribution in [1.29, 1.82) is 0 Å². The molecule has 0 nitrogen and oxygen atoms in total. The summed E-state index contributed by atoms with van der Waals surface area (Å²) in [7, 11) is 0. The molecular formula is C7H15BrS. The molecule has 0 amide bonds. The Kier molecular flexibility index (Phi) is 4.22. The average Bonchev–Trinajstić information content (AvgIpc) is 1.59. The van der Waals surface area contributed by atoms with E-state index < -0.39 is 0 Å². The van der Waals surface area contributed by atoms with Gasteiger partial charge in [-0.25, -0.2) is 0 Å². The maximum absolute atomic E-state index is 3.51. The molecule has 0 N–H and O–H groups in total. The summed E-state index contributed by atoms with van der Waals surface area (Å²) in [6, 6.07) is 0. The van der Waals surface area contributed by atoms with Crippen molar-refractivity contribution in [3.63, 3.8) is 0 Å². The quantitative estimate of drug-likeness (QED) is 0.631. The molecule has 0 spiro atoms. The highest BCUT2D eigenvalue weighted by Crippen LogP contribution is 2.25. The molecule has 56 valence electrons. The maximum Gasteiger partial charge on any atom is 0.0208 e. The molecule has 2 heteroatoms. The second-order valence-corrected chi connectivity index (χ2v) is 6.61. The third-order valence-electron chi connectivity index (χ3n) is 0.746. The van der Waals surface area contributed by atoms with Crippen LogP contribution in [0.1, 0.15) is 27.7 Å². The Labute approximate surface area is 70.9 Å². The van der Waals surface area contributed by atoms with Crippen LogP contribution >= 0.6 is 27.7 Å². The van der Waals surface area contributed by atoms with E-state index in [0.29, 0.717) is 9.57 Å². The molecule has 0 aromatic heterocycles. The van der Waals surface area contributed by atoms with Gasteiger partial charge >= 0.3 is 0 Å². The third-order valence-corrected chi connectivity index (χ3v) is 3.03. The van der Waals surface area contributed by atoms with Crippen LogP contribution in [0.3, 0.4) is 0 Å². The number of halogens is 1. The summed E-state index contributed by atoms with van der Waals surface area (Å²) < 4.78 is 0.419. The molecule has 0 fully saturated rings. The zero-order valence-corrected chi connectivity index (χ0v) is 8.97. The van der Waals surface area contributed by atoms with Gasteiger partial charge in [0.15, 0.2) is 0 Å². The van der Waals surface area contributed by atoms with Crippen molar-refractivity contribution in [2.75, 3.05) is 5.75 Å². The highest BCUT2D eigenvalue weighted by atomic mass is 79.9. The van der Waals surface area contributed by atoms with Crippen LogP contribution in [0.2, 0.25) is 0 Å². The van der Waals surface area contributed by atoms with Crippen LogP contribution in [-0.4, -0.2) is 15.3 Å². The molecule has 0 saturated heterocycles. The lowest BCUT2D eigenvalue weighted by Crippen LogP contribution is -2.10. The predicted molar refractivity (Wildman–Crippen MR) is 50.6 cm³/mol. The molecule has 0 aliphatic carbocycles. The molecule has 0 aromatic carbocycles. The van der Waals surface area contributed by atoms with Crippen molar-refractivity contribution in [1.82, 2.24) is 0 Å². The fraction of sp³-hybridized carbons (Fsp3) is 1.00. The van der Waals surface area contributed by atoms with Crippen molar-refractivity contribution in [2.45, 2.75) is 37.3 Å². The normalized spacial score (nSPS) is 15.7. The molecule has 1 unspecified atom stereocenters. The lowest BCUT2D eigenvalue weighted by atomic mass is 10.3. The minimum absolute atomic E-state index is 0.419. The molecule has 1 atom stereocenters. The lowest BCUT2D eigenvalue weighted by Gasteiger charge is -2.17. The van der Waals surface area contributed by atoms with Crippen LogP contribution in [0.15, 0.2) is 0 Å². The molecule has 0 rings (SSSR count). The van der Waals surface area contributed by atoms with Gasteiger partial charge in [-0.15, -0.1) is 0 Å². The van der Waals surface area contributed by atoms with E-state index in [1.165, 1.54) is 5.75 Å². The highest BCUT2D eigenvalue weighted by molar-refractivity contribution is 9.09. The fourth-order valence-electron chi connectivity index (χ4n) is 0.365. The van der Waals surface area contributed by atoms with Gasteiger partial charge in [-0.2, -0.15) is 11.8 Å². The van der Waals surface area contributed by atoms with E-state index in [0.717, 1.165) is 0 Å². The van der Waals surface area contributed by atoms with Gasteiger partial charge in [-0.05, 0) is 0 Å². The van der Waals surface area contributed by atoms with Crippen LogP contribution in [0.25, 0.3) is 0 Å². The third kappa shape index (κ3) is 8.83. The van der Waals surface area contributed by atoms with Crippen molar-refractivity contribution in [3.8, 4) is 0 Å². The first kappa shape index (κ1) is 9.83. The second kappa shape index (κ2) is 3.87. The van der Waals surface area contributed by atoms with Crippen molar-refractivity contribution >= 4 is 27.7 Å². The summed E-state index contributed by atoms with van der Waals surface area (Å²) in [6.07, 6.45) is 0. The molecule has 0 radical (unpaired) electrons. The topological polar surface area (TPSA) is 0 Å². The van der Waals surface area contributed by atoms with E-state index in [9.17, 15) is 0 Å². The number of rotatable bonds is 2. The minimum atomic E-state index is 0.419. The summed E-state index contributed by atoms with van der Waals surface area (Å²) in [5, 5.41) is 0. The molecule has 0 saturated carbocycles. The Morgan fingerprint density at radius 3 is 2.00 bits per heavy atom. The summed E-state index contributed by atoms with van der Waals surface area (Å²) in [4.78, 5) is 0.640. The standard InChI is InChI=1S/C7H15BrS/c1-6(8)5-9-7(2,3)4/h6H,5H2,1-4H3. The van der Waals surface area contributed by atoms with E-state index in [1.807, 2.05) is 11.8 Å². The molecular weight excluding hydrogens is 196 g/mol. The van der Waals surface area contributed by atoms with Crippen molar-refractivity contribution in [3.05, 3.63) is 0 Å². The summed E-state index contributed by atoms with van der Waals surface area (Å²) in [6.45, 7) is 8.91. The van der Waals surface area contributed by atoms with Crippen LogP contribution < -0.4 is 0 Å². The summed E-state index contributed by atoms with van der Waals surface area (Å²) in [5.74, 6) is 1.20. The first-order valence-electron chi connectivity index (χ1n) is 3.20. The molecule has 0 aliphatic heterocycles. The van der Waals surface area contributed by atoms with E-state index in [-0.39, 0.29) is 0 Å². The van der Waals surface area contributed by atoms with Crippen LogP contribution in [0.5, 0.6) is 0 Å². The molecule has 0 bridgehead atoms. The number of hydrogen-bond donors (Lipinski definition) is 0. The minimum Gasteiger partial charge on any atom is -0.155 e. The maximum atomic E-state index is 3.51. The van der Waals surface area contributed by atoms with Gasteiger partial charge in [-0.3, -0.25) is 0 Å². The van der Waals surface area contributed by atoms with Crippen molar-refractivity contribution in [2.24, 2.45) is 0 Å². The van der Waals surface area contributed by atoms with Crippen molar-refractivity contribution < 1.29 is 0 Å². The Balaban J connectivity index is 3.28. The first-order chi connectivity index (χ1) is 3.92. The van der Waals surface area contributed by atoms with E-state index >= 15 is 0 Å². The molecule has 0 aliphatic rings. The largest absolute Gasteiger partial charge is 0.155 e. The number of thioether (sulfide) groups is 1. The first-order valence-corrected chi connectivity index (χ1v) is 5.10. The highest BCUT2D eigenvalue weighted by Gasteiger charge is 2.10. The van der Waals surface area contributed by atoms with Gasteiger partial charge in [0.2, 0.25) is 0 Å². The molecule has 0 heterocycles. The zero-order valence-electron chi connectivity index (χ0n) is 6.57. The Morgan fingerprint density at radius 2 is 1.89 bits per heavy atom. The lowest BCUT2D eigenvalue weighted by molar-refractivity contribution is 0.801. The second-order valence-electron chi connectivity index (χ2n) is 3.20. The summed E-state index contributed by atoms with van der Waals surface area (Å²) >= 11 is 5.50. The molecule has 9 heavy (non-hydrogen) atoms. The van der Waals surface area contributed by atoms with Crippen LogP contribution in [-0.2, 0) is 0 Å². The Morgan fingerprint density at radius 1 is 1.44 bits per heavy atom. The van der Waals surface area contributed by atoms with Gasteiger partial charge in [-0.1, -0.05) is 43.6 Å². The average molecular weight is 211 g/mol. The Bertz CT molecular complexity index is 73.5. The van der Waals surface area contributed by atoms with E-state index in [4.69, 9.17) is 0 Å². The smallest absolute Gasteiger partial charge is 0.0208 e. The van der Waals surface area contributed by atoms with Gasteiger partial charge < -0.3 is 0 Å². The zero-order chi connectivity index (χ0) is 7.49. The number of alkyl halides is 1. The predicted octanol–water partition coefficient (Wildman–Crippen LogP) is 3.30. The van der Waals surface area contributed by atoms with Gasteiger partial charge in [0, 0.05) is 15.3 Å². The summed E-state index contributed by atoms with van der Waals surface area (Å²) in [5.41, 5.74) is 0. The van der Waals surface area contributed by atoms with E-state index in [2.05, 4.69) is 43.6 Å². The fourth-order valence-corrected chi connectivity index (χ4v) is 1.49. The number of hydrogen-bond acceptors (Lipinski definition) is 1. The SMILES string of the molecule is CC(Br)CSC(C)(C)C. The van der Waals surface area contributed by atoms with Gasteiger partial charge in [0.1, 0.15) is 0 Å². The van der Waals surface area contributed by atoms with E-state index in [1.54, 1.807) is 0 Å². The van der Waals surface area contributed by atoms with Gasteiger partial charge in [0.25, 0.3) is 0 Å². The van der Waals surface area contributed by atoms with Crippen LogP contribution in [0.4, 0.5) is 0 Å². The monoisotopic (exact) mass is 210 g/mol.